The lowest BCUT2D eigenvalue weighted by atomic mass is 10.2. The molecule has 0 spiro atoms. The fourth-order valence-corrected chi connectivity index (χ4v) is 2.97. The van der Waals surface area contributed by atoms with Crippen LogP contribution < -0.4 is 5.73 Å². The number of carbonyl (C=O) groups is 1. The first-order valence-corrected chi connectivity index (χ1v) is 8.51. The summed E-state index contributed by atoms with van der Waals surface area (Å²) in [4.78, 5) is 22.9. The van der Waals surface area contributed by atoms with Crippen LogP contribution in [0.25, 0.3) is 0 Å². The largest absolute Gasteiger partial charge is 0.384 e. The Morgan fingerprint density at radius 1 is 1.26 bits per heavy atom. The zero-order valence-corrected chi connectivity index (χ0v) is 14.5. The highest BCUT2D eigenvalue weighted by Crippen LogP contribution is 2.17. The summed E-state index contributed by atoms with van der Waals surface area (Å²) in [5.74, 6) is 0.795. The second-order valence-electron chi connectivity index (χ2n) is 5.61. The molecule has 0 saturated carbocycles. The predicted octanol–water partition coefficient (Wildman–Crippen LogP) is 2.90. The van der Waals surface area contributed by atoms with E-state index in [0.717, 1.165) is 11.3 Å². The maximum Gasteiger partial charge on any atom is 0.233 e. The van der Waals surface area contributed by atoms with Gasteiger partial charge in [-0.2, -0.15) is 0 Å². The van der Waals surface area contributed by atoms with Crippen molar-refractivity contribution in [2.45, 2.75) is 38.5 Å². The summed E-state index contributed by atoms with van der Waals surface area (Å²) in [6.45, 7) is 6.51. The molecule has 1 heterocycles. The van der Waals surface area contributed by atoms with Crippen molar-refractivity contribution < 1.29 is 4.79 Å². The molecule has 2 aromatic rings. The van der Waals surface area contributed by atoms with Gasteiger partial charge in [0.1, 0.15) is 5.82 Å². The number of rotatable bonds is 6. The van der Waals surface area contributed by atoms with Crippen LogP contribution in [0.3, 0.4) is 0 Å². The highest BCUT2D eigenvalue weighted by Gasteiger charge is 2.18. The first kappa shape index (κ1) is 17.3. The van der Waals surface area contributed by atoms with Crippen LogP contribution in [0.2, 0.25) is 0 Å². The first-order chi connectivity index (χ1) is 11.0. The molecule has 0 fully saturated rings. The van der Waals surface area contributed by atoms with Gasteiger partial charge in [-0.05, 0) is 26.3 Å². The summed E-state index contributed by atoms with van der Waals surface area (Å²) in [5.41, 5.74) is 7.64. The predicted molar refractivity (Wildman–Crippen MR) is 94.0 cm³/mol. The maximum absolute atomic E-state index is 12.6. The van der Waals surface area contributed by atoms with Crippen molar-refractivity contribution in [1.29, 1.82) is 0 Å². The summed E-state index contributed by atoms with van der Waals surface area (Å²) < 4.78 is 0. The number of amides is 1. The van der Waals surface area contributed by atoms with E-state index in [1.54, 1.807) is 6.07 Å². The molecular formula is C17H22N4OS. The van der Waals surface area contributed by atoms with Gasteiger partial charge >= 0.3 is 0 Å². The number of thioether (sulfide) groups is 1. The Morgan fingerprint density at radius 2 is 1.96 bits per heavy atom. The van der Waals surface area contributed by atoms with Gasteiger partial charge in [0.05, 0.1) is 5.75 Å². The van der Waals surface area contributed by atoms with Crippen molar-refractivity contribution in [3.63, 3.8) is 0 Å². The second kappa shape index (κ2) is 7.97. The quantitative estimate of drug-likeness (QED) is 0.651. The van der Waals surface area contributed by atoms with Crippen molar-refractivity contribution >= 4 is 23.5 Å². The minimum Gasteiger partial charge on any atom is -0.384 e. The molecular weight excluding hydrogens is 308 g/mol. The Hall–Kier alpha value is -2.08. The monoisotopic (exact) mass is 330 g/mol. The van der Waals surface area contributed by atoms with Gasteiger partial charge in [-0.25, -0.2) is 9.97 Å². The molecule has 23 heavy (non-hydrogen) atoms. The normalized spacial score (nSPS) is 10.8. The number of nitrogens with zero attached hydrogens (tertiary/aromatic N) is 3. The van der Waals surface area contributed by atoms with E-state index in [-0.39, 0.29) is 11.9 Å². The average molecular weight is 330 g/mol. The lowest BCUT2D eigenvalue weighted by molar-refractivity contribution is -0.130. The van der Waals surface area contributed by atoms with Gasteiger partial charge in [0.2, 0.25) is 5.91 Å². The maximum atomic E-state index is 12.6. The fraction of sp³-hybridized carbons (Fsp3) is 0.353. The van der Waals surface area contributed by atoms with Crippen molar-refractivity contribution in [2.24, 2.45) is 0 Å². The molecule has 0 saturated heterocycles. The molecule has 2 N–H and O–H groups in total. The van der Waals surface area contributed by atoms with E-state index in [1.807, 2.05) is 56.0 Å². The van der Waals surface area contributed by atoms with Crippen molar-refractivity contribution in [3.8, 4) is 0 Å². The smallest absolute Gasteiger partial charge is 0.233 e. The van der Waals surface area contributed by atoms with Gasteiger partial charge in [0, 0.05) is 24.3 Å². The van der Waals surface area contributed by atoms with Gasteiger partial charge in [0.25, 0.3) is 0 Å². The van der Waals surface area contributed by atoms with E-state index < -0.39 is 0 Å². The number of nitrogen functional groups attached to an aromatic ring is 1. The molecule has 1 amide bonds. The average Bonchev–Trinajstić information content (AvgIpc) is 2.50. The number of hydrogen-bond donors (Lipinski definition) is 1. The first-order valence-electron chi connectivity index (χ1n) is 7.53. The molecule has 0 aliphatic heterocycles. The van der Waals surface area contributed by atoms with Crippen LogP contribution in [0.4, 0.5) is 5.82 Å². The van der Waals surface area contributed by atoms with Crippen LogP contribution in [0.5, 0.6) is 0 Å². The minimum atomic E-state index is 0.0672. The number of aromatic nitrogens is 2. The summed E-state index contributed by atoms with van der Waals surface area (Å²) in [5, 5.41) is 0.541. The number of aryl methyl sites for hydroxylation is 1. The van der Waals surface area contributed by atoms with Crippen molar-refractivity contribution in [3.05, 3.63) is 47.7 Å². The van der Waals surface area contributed by atoms with Crippen LogP contribution in [-0.2, 0) is 11.3 Å². The molecule has 0 unspecified atom stereocenters. The highest BCUT2D eigenvalue weighted by atomic mass is 32.2. The molecule has 0 atom stereocenters. The third-order valence-corrected chi connectivity index (χ3v) is 4.15. The molecule has 1 aromatic carbocycles. The van der Waals surface area contributed by atoms with Crippen molar-refractivity contribution in [1.82, 2.24) is 14.9 Å². The minimum absolute atomic E-state index is 0.0672. The molecule has 5 nitrogen and oxygen atoms in total. The van der Waals surface area contributed by atoms with E-state index in [0.29, 0.717) is 23.3 Å². The van der Waals surface area contributed by atoms with Gasteiger partial charge in [-0.3, -0.25) is 4.79 Å². The summed E-state index contributed by atoms with van der Waals surface area (Å²) in [6, 6.07) is 11.8. The fourth-order valence-electron chi connectivity index (χ4n) is 2.18. The number of nitrogens with two attached hydrogens (primary N) is 1. The summed E-state index contributed by atoms with van der Waals surface area (Å²) >= 11 is 1.32. The standard InChI is InChI=1S/C17H22N4OS/c1-12(2)21(10-14-7-5-4-6-8-14)16(22)11-23-17-19-13(3)9-15(18)20-17/h4-9,12H,10-11H2,1-3H3,(H2,18,19,20). The lowest BCUT2D eigenvalue weighted by Crippen LogP contribution is -2.37. The van der Waals surface area contributed by atoms with Gasteiger partial charge in [0.15, 0.2) is 5.16 Å². The topological polar surface area (TPSA) is 72.1 Å². The second-order valence-corrected chi connectivity index (χ2v) is 6.55. The van der Waals surface area contributed by atoms with Gasteiger partial charge < -0.3 is 10.6 Å². The van der Waals surface area contributed by atoms with E-state index in [2.05, 4.69) is 9.97 Å². The zero-order valence-electron chi connectivity index (χ0n) is 13.7. The molecule has 6 heteroatoms. The highest BCUT2D eigenvalue weighted by molar-refractivity contribution is 7.99. The molecule has 122 valence electrons. The Labute approximate surface area is 141 Å². The molecule has 1 aromatic heterocycles. The number of hydrogen-bond acceptors (Lipinski definition) is 5. The SMILES string of the molecule is Cc1cc(N)nc(SCC(=O)N(Cc2ccccc2)C(C)C)n1. The Morgan fingerprint density at radius 3 is 2.57 bits per heavy atom. The van der Waals surface area contributed by atoms with E-state index in [4.69, 9.17) is 5.73 Å². The van der Waals surface area contributed by atoms with Gasteiger partial charge in [-0.15, -0.1) is 0 Å². The van der Waals surface area contributed by atoms with Gasteiger partial charge in [-0.1, -0.05) is 42.1 Å². The third-order valence-electron chi connectivity index (χ3n) is 3.32. The lowest BCUT2D eigenvalue weighted by Gasteiger charge is -2.26. The summed E-state index contributed by atoms with van der Waals surface area (Å²) in [6.07, 6.45) is 0. The Balaban J connectivity index is 2.01. The van der Waals surface area contributed by atoms with E-state index in [9.17, 15) is 4.79 Å². The zero-order chi connectivity index (χ0) is 16.8. The van der Waals surface area contributed by atoms with E-state index in [1.165, 1.54) is 11.8 Å². The molecule has 0 aliphatic rings. The molecule has 0 radical (unpaired) electrons. The number of anilines is 1. The Kier molecular flexibility index (Phi) is 5.98. The van der Waals surface area contributed by atoms with Crippen molar-refractivity contribution in [2.75, 3.05) is 11.5 Å². The van der Waals surface area contributed by atoms with E-state index >= 15 is 0 Å². The van der Waals surface area contributed by atoms with Crippen LogP contribution in [-0.4, -0.2) is 32.6 Å². The van der Waals surface area contributed by atoms with Crippen LogP contribution >= 0.6 is 11.8 Å². The summed E-state index contributed by atoms with van der Waals surface area (Å²) in [7, 11) is 0. The molecule has 0 bridgehead atoms. The van der Waals surface area contributed by atoms with Crippen LogP contribution in [0.1, 0.15) is 25.1 Å². The number of carbonyl (C=O) groups excluding carboxylic acids is 1. The number of benzene rings is 1. The van der Waals surface area contributed by atoms with Crippen LogP contribution in [0.15, 0.2) is 41.6 Å². The van der Waals surface area contributed by atoms with Crippen LogP contribution in [0, 0.1) is 6.92 Å². The molecule has 2 rings (SSSR count). The molecule has 0 aliphatic carbocycles. The Bertz CT molecular complexity index is 641. The third kappa shape index (κ3) is 5.25.